The summed E-state index contributed by atoms with van der Waals surface area (Å²) in [5.41, 5.74) is 2.90. The Balaban J connectivity index is 2.05. The van der Waals surface area contributed by atoms with Crippen molar-refractivity contribution in [2.75, 3.05) is 6.54 Å². The summed E-state index contributed by atoms with van der Waals surface area (Å²) in [6, 6.07) is 9.12. The van der Waals surface area contributed by atoms with Crippen molar-refractivity contribution in [2.45, 2.75) is 51.7 Å². The molecular weight excluding hydrogens is 222 g/mol. The highest BCUT2D eigenvalue weighted by Crippen LogP contribution is 2.36. The van der Waals surface area contributed by atoms with Crippen LogP contribution in [-0.4, -0.2) is 17.8 Å². The molecule has 0 aliphatic heterocycles. The second-order valence-electron chi connectivity index (χ2n) is 5.88. The summed E-state index contributed by atoms with van der Waals surface area (Å²) in [5.74, 6) is 0.976. The highest BCUT2D eigenvalue weighted by Gasteiger charge is 2.24. The molecule has 0 amide bonds. The maximum atomic E-state index is 9.89. The Hall–Kier alpha value is -0.860. The third-order valence-corrected chi connectivity index (χ3v) is 4.13. The van der Waals surface area contributed by atoms with Crippen LogP contribution in [0.5, 0.6) is 0 Å². The van der Waals surface area contributed by atoms with Crippen LogP contribution >= 0.6 is 0 Å². The zero-order chi connectivity index (χ0) is 13.1. The number of hydrogen-bond acceptors (Lipinski definition) is 2. The molecule has 2 heteroatoms. The van der Waals surface area contributed by atoms with Crippen molar-refractivity contribution < 1.29 is 5.11 Å². The van der Waals surface area contributed by atoms with Crippen molar-refractivity contribution >= 4 is 0 Å². The fourth-order valence-corrected chi connectivity index (χ4v) is 2.72. The summed E-state index contributed by atoms with van der Waals surface area (Å²) in [7, 11) is 0. The van der Waals surface area contributed by atoms with E-state index in [4.69, 9.17) is 0 Å². The summed E-state index contributed by atoms with van der Waals surface area (Å²) in [4.78, 5) is 0. The third-order valence-electron chi connectivity index (χ3n) is 4.13. The molecule has 2 nitrogen and oxygen atoms in total. The van der Waals surface area contributed by atoms with Crippen LogP contribution in [0.2, 0.25) is 0 Å². The van der Waals surface area contributed by atoms with E-state index in [1.54, 1.807) is 0 Å². The predicted molar refractivity (Wildman–Crippen MR) is 75.7 cm³/mol. The van der Waals surface area contributed by atoms with Gasteiger partial charge in [-0.1, -0.05) is 45.0 Å². The Morgan fingerprint density at radius 1 is 1.22 bits per heavy atom. The minimum absolute atomic E-state index is 0.253. The van der Waals surface area contributed by atoms with Gasteiger partial charge in [-0.3, -0.25) is 0 Å². The first-order valence-corrected chi connectivity index (χ1v) is 7.10. The van der Waals surface area contributed by atoms with Gasteiger partial charge in [0, 0.05) is 12.6 Å². The van der Waals surface area contributed by atoms with Crippen molar-refractivity contribution in [3.8, 4) is 0 Å². The Bertz CT molecular complexity index is 388. The van der Waals surface area contributed by atoms with E-state index in [1.807, 2.05) is 0 Å². The van der Waals surface area contributed by atoms with Gasteiger partial charge in [-0.25, -0.2) is 0 Å². The molecule has 0 bridgehead atoms. The standard InChI is InChI=1S/C16H25NO/c1-11(2)16(18)10-17-15-9-8-12(3)13-6-4-5-7-14(13)15/h4-7,11-12,15-18H,8-10H2,1-3H3. The highest BCUT2D eigenvalue weighted by atomic mass is 16.3. The molecule has 0 saturated heterocycles. The van der Waals surface area contributed by atoms with Crippen molar-refractivity contribution in [1.29, 1.82) is 0 Å². The molecule has 0 saturated carbocycles. The largest absolute Gasteiger partial charge is 0.392 e. The molecule has 1 aliphatic rings. The van der Waals surface area contributed by atoms with Crippen LogP contribution in [0.4, 0.5) is 0 Å². The number of nitrogens with one attached hydrogen (secondary N) is 1. The van der Waals surface area contributed by atoms with Crippen molar-refractivity contribution in [3.63, 3.8) is 0 Å². The van der Waals surface area contributed by atoms with Crippen molar-refractivity contribution in [2.24, 2.45) is 5.92 Å². The minimum atomic E-state index is -0.253. The lowest BCUT2D eigenvalue weighted by Gasteiger charge is -2.31. The van der Waals surface area contributed by atoms with E-state index < -0.39 is 0 Å². The lowest BCUT2D eigenvalue weighted by Crippen LogP contribution is -2.35. The van der Waals surface area contributed by atoms with Gasteiger partial charge in [-0.15, -0.1) is 0 Å². The molecule has 1 aromatic carbocycles. The van der Waals surface area contributed by atoms with E-state index in [9.17, 15) is 5.11 Å². The summed E-state index contributed by atoms with van der Waals surface area (Å²) >= 11 is 0. The third kappa shape index (κ3) is 2.93. The van der Waals surface area contributed by atoms with Crippen LogP contribution in [0.3, 0.4) is 0 Å². The Labute approximate surface area is 110 Å². The van der Waals surface area contributed by atoms with Crippen LogP contribution in [0.25, 0.3) is 0 Å². The van der Waals surface area contributed by atoms with Crippen LogP contribution in [0.15, 0.2) is 24.3 Å². The molecule has 18 heavy (non-hydrogen) atoms. The van der Waals surface area contributed by atoms with Gasteiger partial charge in [0.15, 0.2) is 0 Å². The van der Waals surface area contributed by atoms with E-state index in [-0.39, 0.29) is 6.10 Å². The summed E-state index contributed by atoms with van der Waals surface area (Å²) in [5, 5.41) is 13.4. The number of fused-ring (bicyclic) bond motifs is 1. The van der Waals surface area contributed by atoms with E-state index in [1.165, 1.54) is 24.0 Å². The normalized spacial score (nSPS) is 24.9. The number of hydrogen-bond donors (Lipinski definition) is 2. The van der Waals surface area contributed by atoms with Crippen molar-refractivity contribution in [1.82, 2.24) is 5.32 Å². The van der Waals surface area contributed by atoms with Gasteiger partial charge in [0.05, 0.1) is 6.10 Å². The van der Waals surface area contributed by atoms with Crippen LogP contribution in [0.1, 0.15) is 56.7 Å². The minimum Gasteiger partial charge on any atom is -0.392 e. The van der Waals surface area contributed by atoms with Gasteiger partial charge in [-0.05, 0) is 35.8 Å². The summed E-state index contributed by atoms with van der Waals surface area (Å²) in [6.07, 6.45) is 2.15. The second-order valence-corrected chi connectivity index (χ2v) is 5.88. The first kappa shape index (κ1) is 13.6. The van der Waals surface area contributed by atoms with Gasteiger partial charge in [0.25, 0.3) is 0 Å². The number of aliphatic hydroxyl groups excluding tert-OH is 1. The zero-order valence-corrected chi connectivity index (χ0v) is 11.7. The lowest BCUT2D eigenvalue weighted by molar-refractivity contribution is 0.119. The van der Waals surface area contributed by atoms with E-state index in [0.717, 1.165) is 0 Å². The summed E-state index contributed by atoms with van der Waals surface area (Å²) < 4.78 is 0. The monoisotopic (exact) mass is 247 g/mol. The van der Waals surface area contributed by atoms with Gasteiger partial charge < -0.3 is 10.4 Å². The van der Waals surface area contributed by atoms with Gasteiger partial charge >= 0.3 is 0 Å². The highest BCUT2D eigenvalue weighted by molar-refractivity contribution is 5.34. The van der Waals surface area contributed by atoms with Gasteiger partial charge in [0.1, 0.15) is 0 Å². The fraction of sp³-hybridized carbons (Fsp3) is 0.625. The SMILES string of the molecule is CC1CCC(NCC(O)C(C)C)c2ccccc21. The van der Waals surface area contributed by atoms with E-state index in [0.29, 0.717) is 24.4 Å². The van der Waals surface area contributed by atoms with Crippen LogP contribution < -0.4 is 5.32 Å². The topological polar surface area (TPSA) is 32.3 Å². The van der Waals surface area contributed by atoms with Gasteiger partial charge in [0.2, 0.25) is 0 Å². The van der Waals surface area contributed by atoms with Crippen LogP contribution in [-0.2, 0) is 0 Å². The van der Waals surface area contributed by atoms with Gasteiger partial charge in [-0.2, -0.15) is 0 Å². The van der Waals surface area contributed by atoms with E-state index in [2.05, 4.69) is 50.4 Å². The molecule has 3 unspecified atom stereocenters. The van der Waals surface area contributed by atoms with E-state index >= 15 is 0 Å². The molecule has 0 fully saturated rings. The smallest absolute Gasteiger partial charge is 0.0687 e. The molecule has 2 N–H and O–H groups in total. The molecule has 2 rings (SSSR count). The number of aliphatic hydroxyl groups is 1. The molecule has 0 aromatic heterocycles. The molecule has 100 valence electrons. The first-order chi connectivity index (χ1) is 8.59. The Kier molecular flexibility index (Phi) is 4.41. The molecule has 1 aromatic rings. The number of rotatable bonds is 4. The Morgan fingerprint density at radius 2 is 1.89 bits per heavy atom. The maximum Gasteiger partial charge on any atom is 0.0687 e. The maximum absolute atomic E-state index is 9.89. The number of benzene rings is 1. The molecular formula is C16H25NO. The molecule has 0 radical (unpaired) electrons. The molecule has 1 aliphatic carbocycles. The quantitative estimate of drug-likeness (QED) is 0.856. The second kappa shape index (κ2) is 5.85. The fourth-order valence-electron chi connectivity index (χ4n) is 2.72. The lowest BCUT2D eigenvalue weighted by atomic mass is 9.81. The first-order valence-electron chi connectivity index (χ1n) is 7.10. The summed E-state index contributed by atoms with van der Waals surface area (Å²) in [6.45, 7) is 7.11. The molecule has 0 spiro atoms. The average molecular weight is 247 g/mol. The average Bonchev–Trinajstić information content (AvgIpc) is 2.38. The van der Waals surface area contributed by atoms with Crippen LogP contribution in [0, 0.1) is 5.92 Å². The zero-order valence-electron chi connectivity index (χ0n) is 11.7. The predicted octanol–water partition coefficient (Wildman–Crippen LogP) is 3.23. The molecule has 3 atom stereocenters. The molecule has 0 heterocycles. The van der Waals surface area contributed by atoms with Crippen molar-refractivity contribution in [3.05, 3.63) is 35.4 Å². The Morgan fingerprint density at radius 3 is 2.56 bits per heavy atom.